The molecular formula is C19H24N4O3S. The topological polar surface area (TPSA) is 73.9 Å². The van der Waals surface area contributed by atoms with Crippen molar-refractivity contribution in [2.24, 2.45) is 0 Å². The van der Waals surface area contributed by atoms with Gasteiger partial charge in [0.15, 0.2) is 0 Å². The first-order valence-electron chi connectivity index (χ1n) is 8.85. The van der Waals surface area contributed by atoms with E-state index in [-0.39, 0.29) is 6.03 Å². The smallest absolute Gasteiger partial charge is 0.411 e. The van der Waals surface area contributed by atoms with Crippen LogP contribution < -0.4 is 10.6 Å². The first-order chi connectivity index (χ1) is 13.1. The fourth-order valence-corrected chi connectivity index (χ4v) is 3.64. The average molecular weight is 388 g/mol. The number of hydrogen-bond donors (Lipinski definition) is 2. The van der Waals surface area contributed by atoms with Crippen LogP contribution in [0.1, 0.15) is 10.4 Å². The summed E-state index contributed by atoms with van der Waals surface area (Å²) in [5.41, 5.74) is 1.62. The van der Waals surface area contributed by atoms with Crippen LogP contribution >= 0.6 is 11.3 Å². The van der Waals surface area contributed by atoms with Gasteiger partial charge >= 0.3 is 12.1 Å². The quantitative estimate of drug-likeness (QED) is 0.826. The van der Waals surface area contributed by atoms with Crippen molar-refractivity contribution in [2.45, 2.75) is 13.1 Å². The molecule has 1 fully saturated rings. The third-order valence-electron chi connectivity index (χ3n) is 4.45. The molecule has 1 aromatic heterocycles. The highest BCUT2D eigenvalue weighted by atomic mass is 32.1. The number of ether oxygens (including phenoxy) is 1. The van der Waals surface area contributed by atoms with E-state index in [1.54, 1.807) is 23.5 Å². The van der Waals surface area contributed by atoms with Gasteiger partial charge in [-0.1, -0.05) is 18.2 Å². The zero-order chi connectivity index (χ0) is 19.1. The molecule has 1 saturated heterocycles. The van der Waals surface area contributed by atoms with Crippen LogP contribution in [0.5, 0.6) is 0 Å². The highest BCUT2D eigenvalue weighted by molar-refractivity contribution is 7.09. The lowest BCUT2D eigenvalue weighted by Gasteiger charge is -2.34. The summed E-state index contributed by atoms with van der Waals surface area (Å²) in [4.78, 5) is 29.1. The van der Waals surface area contributed by atoms with E-state index in [0.717, 1.165) is 38.3 Å². The maximum absolute atomic E-state index is 12.4. The number of urea groups is 1. The summed E-state index contributed by atoms with van der Waals surface area (Å²) in [5, 5.41) is 7.65. The van der Waals surface area contributed by atoms with Crippen LogP contribution in [0.25, 0.3) is 0 Å². The minimum atomic E-state index is -0.505. The second kappa shape index (κ2) is 9.38. The highest BCUT2D eigenvalue weighted by Crippen LogP contribution is 2.14. The Morgan fingerprint density at radius 1 is 1.11 bits per heavy atom. The van der Waals surface area contributed by atoms with Crippen LogP contribution in [0.15, 0.2) is 41.8 Å². The number of carbonyl (C=O) groups excluding carboxylic acids is 2. The Hall–Kier alpha value is -2.58. The second-order valence-electron chi connectivity index (χ2n) is 6.31. The van der Waals surface area contributed by atoms with Gasteiger partial charge in [0.1, 0.15) is 0 Å². The Balaban J connectivity index is 1.40. The molecule has 1 aromatic carbocycles. The lowest BCUT2D eigenvalue weighted by molar-refractivity contribution is 0.135. The number of hydrogen-bond acceptors (Lipinski definition) is 5. The molecule has 0 bridgehead atoms. The van der Waals surface area contributed by atoms with Gasteiger partial charge < -0.3 is 15.0 Å². The van der Waals surface area contributed by atoms with Crippen LogP contribution in [-0.4, -0.2) is 55.2 Å². The van der Waals surface area contributed by atoms with Gasteiger partial charge in [-0.2, -0.15) is 0 Å². The molecule has 0 saturated carbocycles. The Morgan fingerprint density at radius 2 is 1.85 bits per heavy atom. The molecule has 1 aliphatic rings. The fourth-order valence-electron chi connectivity index (χ4n) is 2.90. The average Bonchev–Trinajstić information content (AvgIpc) is 3.20. The molecular weight excluding hydrogens is 364 g/mol. The van der Waals surface area contributed by atoms with Gasteiger partial charge in [0.05, 0.1) is 7.11 Å². The summed E-state index contributed by atoms with van der Waals surface area (Å²) in [6.45, 7) is 4.66. The number of rotatable bonds is 5. The van der Waals surface area contributed by atoms with Crippen LogP contribution in [0.3, 0.4) is 0 Å². The zero-order valence-electron chi connectivity index (χ0n) is 15.3. The molecule has 0 radical (unpaired) electrons. The lowest BCUT2D eigenvalue weighted by atomic mass is 10.2. The highest BCUT2D eigenvalue weighted by Gasteiger charge is 2.21. The van der Waals surface area contributed by atoms with Gasteiger partial charge in [0.25, 0.3) is 0 Å². The van der Waals surface area contributed by atoms with Gasteiger partial charge in [-0.25, -0.2) is 9.59 Å². The first kappa shape index (κ1) is 19.2. The van der Waals surface area contributed by atoms with Crippen molar-refractivity contribution in [2.75, 3.05) is 38.6 Å². The molecule has 0 unspecified atom stereocenters. The van der Waals surface area contributed by atoms with E-state index in [1.807, 2.05) is 17.0 Å². The minimum Gasteiger partial charge on any atom is -0.453 e. The van der Waals surface area contributed by atoms with Crippen LogP contribution in [-0.2, 0) is 17.8 Å². The summed E-state index contributed by atoms with van der Waals surface area (Å²) in [6.07, 6.45) is -0.505. The Morgan fingerprint density at radius 3 is 2.48 bits per heavy atom. The van der Waals surface area contributed by atoms with Crippen molar-refractivity contribution >= 4 is 29.1 Å². The van der Waals surface area contributed by atoms with Crippen LogP contribution in [0.2, 0.25) is 0 Å². The molecule has 3 amide bonds. The van der Waals surface area contributed by atoms with Gasteiger partial charge in [-0.05, 0) is 29.1 Å². The Kier molecular flexibility index (Phi) is 6.67. The standard InChI is InChI=1S/C19H24N4O3S/c1-26-19(25)21-16-6-4-15(5-7-16)13-20-18(24)23-10-8-22(9-11-23)14-17-3-2-12-27-17/h2-7,12H,8-11,13-14H2,1H3,(H,20,24)(H,21,25). The molecule has 3 rings (SSSR count). The molecule has 0 spiro atoms. The van der Waals surface area contributed by atoms with E-state index in [0.29, 0.717) is 12.2 Å². The molecule has 144 valence electrons. The van der Waals surface area contributed by atoms with E-state index in [4.69, 9.17) is 0 Å². The van der Waals surface area contributed by atoms with Crippen molar-refractivity contribution in [1.29, 1.82) is 0 Å². The SMILES string of the molecule is COC(=O)Nc1ccc(CNC(=O)N2CCN(Cc3cccs3)CC2)cc1. The second-order valence-corrected chi connectivity index (χ2v) is 7.35. The number of thiophene rings is 1. The summed E-state index contributed by atoms with van der Waals surface area (Å²) in [5.74, 6) is 0. The minimum absolute atomic E-state index is 0.0393. The number of carbonyl (C=O) groups is 2. The predicted octanol–water partition coefficient (Wildman–Crippen LogP) is 2.95. The van der Waals surface area contributed by atoms with Gasteiger partial charge in [0.2, 0.25) is 0 Å². The van der Waals surface area contributed by atoms with Crippen molar-refractivity contribution < 1.29 is 14.3 Å². The van der Waals surface area contributed by atoms with Crippen LogP contribution in [0, 0.1) is 0 Å². The van der Waals surface area contributed by atoms with Crippen molar-refractivity contribution in [1.82, 2.24) is 15.1 Å². The maximum atomic E-state index is 12.4. The zero-order valence-corrected chi connectivity index (χ0v) is 16.1. The van der Waals surface area contributed by atoms with Crippen molar-refractivity contribution in [3.05, 3.63) is 52.2 Å². The largest absolute Gasteiger partial charge is 0.453 e. The molecule has 27 heavy (non-hydrogen) atoms. The number of nitrogens with one attached hydrogen (secondary N) is 2. The molecule has 7 nitrogen and oxygen atoms in total. The number of piperazine rings is 1. The summed E-state index contributed by atoms with van der Waals surface area (Å²) in [6, 6.07) is 11.5. The van der Waals surface area contributed by atoms with Gasteiger partial charge in [-0.15, -0.1) is 11.3 Å². The van der Waals surface area contributed by atoms with E-state index in [9.17, 15) is 9.59 Å². The molecule has 8 heteroatoms. The Bertz CT molecular complexity index is 741. The molecule has 1 aliphatic heterocycles. The molecule has 2 aromatic rings. The molecule has 0 atom stereocenters. The lowest BCUT2D eigenvalue weighted by Crippen LogP contribution is -2.51. The normalized spacial score (nSPS) is 14.6. The van der Waals surface area contributed by atoms with E-state index >= 15 is 0 Å². The number of anilines is 1. The number of benzene rings is 1. The third kappa shape index (κ3) is 5.70. The molecule has 2 N–H and O–H groups in total. The van der Waals surface area contributed by atoms with E-state index in [2.05, 4.69) is 37.8 Å². The third-order valence-corrected chi connectivity index (χ3v) is 5.31. The van der Waals surface area contributed by atoms with Gasteiger partial charge in [-0.3, -0.25) is 10.2 Å². The summed E-state index contributed by atoms with van der Waals surface area (Å²) < 4.78 is 4.55. The molecule has 0 aliphatic carbocycles. The van der Waals surface area contributed by atoms with Crippen LogP contribution in [0.4, 0.5) is 15.3 Å². The first-order valence-corrected chi connectivity index (χ1v) is 9.73. The summed E-state index contributed by atoms with van der Waals surface area (Å²) >= 11 is 1.77. The van der Waals surface area contributed by atoms with Crippen molar-refractivity contribution in [3.8, 4) is 0 Å². The van der Waals surface area contributed by atoms with Gasteiger partial charge in [0, 0.05) is 49.8 Å². The fraction of sp³-hybridized carbons (Fsp3) is 0.368. The molecule has 2 heterocycles. The monoisotopic (exact) mass is 388 g/mol. The number of amides is 3. The summed E-state index contributed by atoms with van der Waals surface area (Å²) in [7, 11) is 1.32. The van der Waals surface area contributed by atoms with Crippen molar-refractivity contribution in [3.63, 3.8) is 0 Å². The Labute approximate surface area is 162 Å². The van der Waals surface area contributed by atoms with E-state index < -0.39 is 6.09 Å². The maximum Gasteiger partial charge on any atom is 0.411 e. The number of methoxy groups -OCH3 is 1. The predicted molar refractivity (Wildman–Crippen MR) is 106 cm³/mol. The number of nitrogens with zero attached hydrogens (tertiary/aromatic N) is 2. The van der Waals surface area contributed by atoms with E-state index in [1.165, 1.54) is 12.0 Å².